The van der Waals surface area contributed by atoms with Gasteiger partial charge in [0, 0.05) is 12.4 Å². The number of hydrogen-bond donors (Lipinski definition) is 1. The lowest BCUT2D eigenvalue weighted by Crippen LogP contribution is -2.13. The molecule has 2 rings (SSSR count). The first-order valence-corrected chi connectivity index (χ1v) is 5.96. The molecule has 1 heterocycles. The smallest absolute Gasteiger partial charge is 0.222 e. The maximum atomic E-state index is 5.61. The van der Waals surface area contributed by atoms with E-state index in [2.05, 4.69) is 15.3 Å². The molecule has 0 aliphatic carbocycles. The number of benzene rings is 1. The van der Waals surface area contributed by atoms with Crippen molar-refractivity contribution in [2.24, 2.45) is 0 Å². The number of nitrogens with zero attached hydrogens (tertiary/aromatic N) is 2. The van der Waals surface area contributed by atoms with Crippen LogP contribution in [0.2, 0.25) is 0 Å². The average Bonchev–Trinajstić information content (AvgIpc) is 2.37. The third-order valence-electron chi connectivity index (χ3n) is 2.42. The molecule has 0 spiro atoms. The van der Waals surface area contributed by atoms with Gasteiger partial charge in [0.2, 0.25) is 5.95 Å². The lowest BCUT2D eigenvalue weighted by Gasteiger charge is -2.08. The Bertz CT molecular complexity index is 497. The summed E-state index contributed by atoms with van der Waals surface area (Å²) in [6.07, 6.45) is 3.58. The quantitative estimate of drug-likeness (QED) is 0.820. The summed E-state index contributed by atoms with van der Waals surface area (Å²) in [5.41, 5.74) is 2.25. The molecule has 1 N–H and O–H groups in total. The molecular formula is C14H17N3O. The molecule has 0 amide bonds. The SMILES string of the molecule is Cc1cnc(NCCOc2cccc(C)c2)nc1. The summed E-state index contributed by atoms with van der Waals surface area (Å²) in [5, 5.41) is 3.11. The average molecular weight is 243 g/mol. The molecule has 0 bridgehead atoms. The number of hydrogen-bond acceptors (Lipinski definition) is 4. The Balaban J connectivity index is 1.74. The van der Waals surface area contributed by atoms with Gasteiger partial charge in [-0.05, 0) is 37.1 Å². The van der Waals surface area contributed by atoms with Crippen LogP contribution in [0.4, 0.5) is 5.95 Å². The van der Waals surface area contributed by atoms with Gasteiger partial charge in [0.25, 0.3) is 0 Å². The van der Waals surface area contributed by atoms with Gasteiger partial charge in [-0.3, -0.25) is 0 Å². The van der Waals surface area contributed by atoms with Gasteiger partial charge >= 0.3 is 0 Å². The molecule has 0 aliphatic heterocycles. The molecule has 0 unspecified atom stereocenters. The molecule has 2 aromatic rings. The van der Waals surface area contributed by atoms with Gasteiger partial charge in [-0.15, -0.1) is 0 Å². The Kier molecular flexibility index (Phi) is 4.12. The number of ether oxygens (including phenoxy) is 1. The first-order valence-electron chi connectivity index (χ1n) is 5.96. The number of aromatic nitrogens is 2. The van der Waals surface area contributed by atoms with Gasteiger partial charge in [0.15, 0.2) is 0 Å². The minimum Gasteiger partial charge on any atom is -0.492 e. The van der Waals surface area contributed by atoms with Crippen LogP contribution in [0.15, 0.2) is 36.7 Å². The lowest BCUT2D eigenvalue weighted by molar-refractivity contribution is 0.332. The molecule has 94 valence electrons. The highest BCUT2D eigenvalue weighted by Crippen LogP contribution is 2.11. The van der Waals surface area contributed by atoms with Crippen LogP contribution in [0.1, 0.15) is 11.1 Å². The van der Waals surface area contributed by atoms with Crippen molar-refractivity contribution in [2.75, 3.05) is 18.5 Å². The zero-order valence-electron chi connectivity index (χ0n) is 10.7. The summed E-state index contributed by atoms with van der Waals surface area (Å²) < 4.78 is 5.61. The van der Waals surface area contributed by atoms with Crippen molar-refractivity contribution in [3.63, 3.8) is 0 Å². The topological polar surface area (TPSA) is 47.0 Å². The predicted molar refractivity (Wildman–Crippen MR) is 71.9 cm³/mol. The summed E-state index contributed by atoms with van der Waals surface area (Å²) in [6, 6.07) is 8.00. The molecule has 0 aliphatic rings. The van der Waals surface area contributed by atoms with Crippen LogP contribution in [0.5, 0.6) is 5.75 Å². The van der Waals surface area contributed by atoms with Crippen LogP contribution < -0.4 is 10.1 Å². The van der Waals surface area contributed by atoms with E-state index >= 15 is 0 Å². The summed E-state index contributed by atoms with van der Waals surface area (Å²) >= 11 is 0. The first-order chi connectivity index (χ1) is 8.74. The van der Waals surface area contributed by atoms with E-state index < -0.39 is 0 Å². The first kappa shape index (κ1) is 12.4. The van der Waals surface area contributed by atoms with Gasteiger partial charge in [0.05, 0.1) is 6.54 Å². The standard InChI is InChI=1S/C14H17N3O/c1-11-4-3-5-13(8-11)18-7-6-15-14-16-9-12(2)10-17-14/h3-5,8-10H,6-7H2,1-2H3,(H,15,16,17). The molecule has 0 saturated heterocycles. The molecule has 0 fully saturated rings. The third kappa shape index (κ3) is 3.73. The second kappa shape index (κ2) is 6.00. The highest BCUT2D eigenvalue weighted by molar-refractivity contribution is 5.28. The maximum Gasteiger partial charge on any atom is 0.222 e. The van der Waals surface area contributed by atoms with Crippen LogP contribution in [-0.4, -0.2) is 23.1 Å². The number of anilines is 1. The zero-order valence-corrected chi connectivity index (χ0v) is 10.7. The van der Waals surface area contributed by atoms with Crippen molar-refractivity contribution in [1.29, 1.82) is 0 Å². The van der Waals surface area contributed by atoms with Crippen molar-refractivity contribution in [2.45, 2.75) is 13.8 Å². The van der Waals surface area contributed by atoms with E-state index in [1.807, 2.05) is 38.1 Å². The van der Waals surface area contributed by atoms with E-state index in [-0.39, 0.29) is 0 Å². The summed E-state index contributed by atoms with van der Waals surface area (Å²) in [6.45, 7) is 5.27. The van der Waals surface area contributed by atoms with Crippen LogP contribution in [-0.2, 0) is 0 Å². The molecule has 0 saturated carbocycles. The summed E-state index contributed by atoms with van der Waals surface area (Å²) in [4.78, 5) is 8.32. The van der Waals surface area contributed by atoms with Gasteiger partial charge < -0.3 is 10.1 Å². The minimum absolute atomic E-state index is 0.584. The Morgan fingerprint density at radius 1 is 1.11 bits per heavy atom. The van der Waals surface area contributed by atoms with Gasteiger partial charge in [0.1, 0.15) is 12.4 Å². The molecule has 4 heteroatoms. The fourth-order valence-corrected chi connectivity index (χ4v) is 1.52. The second-order valence-electron chi connectivity index (χ2n) is 4.18. The Labute approximate surface area is 107 Å². The molecular weight excluding hydrogens is 226 g/mol. The van der Waals surface area contributed by atoms with E-state index in [1.54, 1.807) is 12.4 Å². The minimum atomic E-state index is 0.584. The van der Waals surface area contributed by atoms with Crippen molar-refractivity contribution in [3.05, 3.63) is 47.8 Å². The fourth-order valence-electron chi connectivity index (χ4n) is 1.52. The highest BCUT2D eigenvalue weighted by Gasteiger charge is 1.96. The number of aryl methyl sites for hydroxylation is 2. The Morgan fingerprint density at radius 3 is 2.61 bits per heavy atom. The number of rotatable bonds is 5. The normalized spacial score (nSPS) is 10.1. The highest BCUT2D eigenvalue weighted by atomic mass is 16.5. The van der Waals surface area contributed by atoms with Crippen molar-refractivity contribution in [3.8, 4) is 5.75 Å². The molecule has 0 radical (unpaired) electrons. The maximum absolute atomic E-state index is 5.61. The second-order valence-corrected chi connectivity index (χ2v) is 4.18. The van der Waals surface area contributed by atoms with Crippen molar-refractivity contribution < 1.29 is 4.74 Å². The molecule has 0 atom stereocenters. The van der Waals surface area contributed by atoms with Crippen molar-refractivity contribution >= 4 is 5.95 Å². The van der Waals surface area contributed by atoms with E-state index in [9.17, 15) is 0 Å². The molecule has 18 heavy (non-hydrogen) atoms. The summed E-state index contributed by atoms with van der Waals surface area (Å²) in [7, 11) is 0. The largest absolute Gasteiger partial charge is 0.492 e. The van der Waals surface area contributed by atoms with Crippen LogP contribution in [0, 0.1) is 13.8 Å². The lowest BCUT2D eigenvalue weighted by atomic mass is 10.2. The van der Waals surface area contributed by atoms with Crippen LogP contribution in [0.25, 0.3) is 0 Å². The van der Waals surface area contributed by atoms with Gasteiger partial charge in [-0.1, -0.05) is 12.1 Å². The molecule has 4 nitrogen and oxygen atoms in total. The third-order valence-corrected chi connectivity index (χ3v) is 2.42. The van der Waals surface area contributed by atoms with E-state index in [1.165, 1.54) is 5.56 Å². The zero-order chi connectivity index (χ0) is 12.8. The fraction of sp³-hybridized carbons (Fsp3) is 0.286. The van der Waals surface area contributed by atoms with Gasteiger partial charge in [-0.2, -0.15) is 0 Å². The van der Waals surface area contributed by atoms with E-state index in [0.717, 1.165) is 11.3 Å². The van der Waals surface area contributed by atoms with E-state index in [4.69, 9.17) is 4.74 Å². The van der Waals surface area contributed by atoms with Crippen LogP contribution in [0.3, 0.4) is 0 Å². The number of nitrogens with one attached hydrogen (secondary N) is 1. The van der Waals surface area contributed by atoms with Crippen molar-refractivity contribution in [1.82, 2.24) is 9.97 Å². The molecule has 1 aromatic heterocycles. The molecule has 1 aromatic carbocycles. The van der Waals surface area contributed by atoms with Crippen LogP contribution >= 0.6 is 0 Å². The Hall–Kier alpha value is -2.10. The van der Waals surface area contributed by atoms with Gasteiger partial charge in [-0.25, -0.2) is 9.97 Å². The summed E-state index contributed by atoms with van der Waals surface area (Å²) in [5.74, 6) is 1.52. The monoisotopic (exact) mass is 243 g/mol. The van der Waals surface area contributed by atoms with E-state index in [0.29, 0.717) is 19.1 Å². The predicted octanol–water partition coefficient (Wildman–Crippen LogP) is 2.58. The Morgan fingerprint density at radius 2 is 1.89 bits per heavy atom.